The molecule has 2 aliphatic rings. The van der Waals surface area contributed by atoms with Crippen molar-refractivity contribution < 1.29 is 23.9 Å². The van der Waals surface area contributed by atoms with E-state index in [1.807, 2.05) is 32.0 Å². The van der Waals surface area contributed by atoms with Crippen molar-refractivity contribution in [3.05, 3.63) is 100 Å². The van der Waals surface area contributed by atoms with Gasteiger partial charge in [-0.05, 0) is 97.9 Å². The molecule has 5 aromatic rings. The van der Waals surface area contributed by atoms with Crippen LogP contribution in [0.2, 0.25) is 0 Å². The fourth-order valence-corrected chi connectivity index (χ4v) is 5.33. The van der Waals surface area contributed by atoms with E-state index in [0.717, 1.165) is 58.2 Å². The zero-order valence-electron chi connectivity index (χ0n) is 26.9. The van der Waals surface area contributed by atoms with Gasteiger partial charge in [-0.2, -0.15) is 0 Å². The highest BCUT2D eigenvalue weighted by atomic mass is 16.5. The smallest absolute Gasteiger partial charge is 0.338 e. The molecule has 2 aliphatic carbocycles. The minimum Gasteiger partial charge on any atom is -0.465 e. The molecule has 0 spiro atoms. The molecule has 0 radical (unpaired) electrons. The Morgan fingerprint density at radius 1 is 0.812 bits per heavy atom. The number of anilines is 2. The average Bonchev–Trinajstić information content (AvgIpc) is 4.03. The van der Waals surface area contributed by atoms with Crippen molar-refractivity contribution in [3.63, 3.8) is 0 Å². The van der Waals surface area contributed by atoms with Crippen molar-refractivity contribution in [1.82, 2.24) is 19.9 Å². The van der Waals surface area contributed by atoms with E-state index >= 15 is 0 Å². The monoisotopic (exact) mass is 650 g/mol. The molecule has 11 heteroatoms. The van der Waals surface area contributed by atoms with E-state index in [9.17, 15) is 14.4 Å². The number of nitrogens with zero attached hydrogens (tertiary/aromatic N) is 3. The lowest BCUT2D eigenvalue weighted by molar-refractivity contribution is 0.0591. The number of hydrogen-bond acceptors (Lipinski definition) is 10. The number of aldehydes is 1. The van der Waals surface area contributed by atoms with E-state index < -0.39 is 0 Å². The number of fused-ring (bicyclic) bond motifs is 1. The third-order valence-corrected chi connectivity index (χ3v) is 8.22. The maximum atomic E-state index is 12.0. The van der Waals surface area contributed by atoms with Crippen LogP contribution < -0.4 is 11.5 Å². The van der Waals surface area contributed by atoms with Gasteiger partial charge >= 0.3 is 11.9 Å². The van der Waals surface area contributed by atoms with Crippen molar-refractivity contribution in [1.29, 1.82) is 0 Å². The van der Waals surface area contributed by atoms with Crippen LogP contribution in [-0.4, -0.2) is 52.4 Å². The topological polar surface area (TPSA) is 176 Å². The second-order valence-electron chi connectivity index (χ2n) is 11.7. The minimum absolute atomic E-state index is 0. The van der Waals surface area contributed by atoms with Crippen molar-refractivity contribution >= 4 is 40.6 Å². The van der Waals surface area contributed by atoms with Crippen LogP contribution in [0.5, 0.6) is 0 Å². The van der Waals surface area contributed by atoms with E-state index in [2.05, 4.69) is 30.7 Å². The van der Waals surface area contributed by atoms with E-state index in [4.69, 9.17) is 16.2 Å². The number of ether oxygens (including phenoxy) is 2. The number of carbonyl (C=O) groups is 3. The normalized spacial score (nSPS) is 13.2. The molecule has 3 aromatic heterocycles. The summed E-state index contributed by atoms with van der Waals surface area (Å²) in [7, 11) is 2.75. The van der Waals surface area contributed by atoms with Gasteiger partial charge < -0.3 is 25.9 Å². The number of rotatable bonds is 6. The number of imidazole rings is 1. The molecule has 0 saturated heterocycles. The predicted molar refractivity (Wildman–Crippen MR) is 187 cm³/mol. The molecular formula is C37H42N6O5. The van der Waals surface area contributed by atoms with Crippen LogP contribution >= 0.6 is 0 Å². The third-order valence-electron chi connectivity index (χ3n) is 8.22. The summed E-state index contributed by atoms with van der Waals surface area (Å²) in [4.78, 5) is 50.3. The number of aromatic nitrogens is 4. The van der Waals surface area contributed by atoms with Gasteiger partial charge in [-0.15, -0.1) is 0 Å². The first-order valence-electron chi connectivity index (χ1n) is 15.3. The third kappa shape index (κ3) is 8.03. The van der Waals surface area contributed by atoms with Crippen LogP contribution in [0.1, 0.15) is 98.3 Å². The van der Waals surface area contributed by atoms with Crippen LogP contribution in [0, 0.1) is 13.8 Å². The number of carbonyl (C=O) groups excluding carboxylic acids is 3. The zero-order valence-corrected chi connectivity index (χ0v) is 26.9. The summed E-state index contributed by atoms with van der Waals surface area (Å²) in [5.41, 5.74) is 20.4. The summed E-state index contributed by atoms with van der Waals surface area (Å²) in [5, 5.41) is 0. The lowest BCUT2D eigenvalue weighted by atomic mass is 9.95. The zero-order chi connectivity index (χ0) is 33.7. The minimum atomic E-state index is -0.386. The van der Waals surface area contributed by atoms with Gasteiger partial charge in [-0.1, -0.05) is 19.6 Å². The summed E-state index contributed by atoms with van der Waals surface area (Å²) < 4.78 is 9.58. The average molecular weight is 651 g/mol. The summed E-state index contributed by atoms with van der Waals surface area (Å²) in [6.07, 6.45) is 12.1. The van der Waals surface area contributed by atoms with Gasteiger partial charge in [0.1, 0.15) is 12.1 Å². The van der Waals surface area contributed by atoms with E-state index in [1.165, 1.54) is 38.8 Å². The number of hydrogen-bond donors (Lipinski definition) is 3. The maximum absolute atomic E-state index is 12.0. The molecule has 2 saturated carbocycles. The Morgan fingerprint density at radius 2 is 1.38 bits per heavy atom. The molecule has 0 unspecified atom stereocenters. The number of aryl methyl sites for hydroxylation is 2. The molecule has 7 rings (SSSR count). The molecule has 48 heavy (non-hydrogen) atoms. The van der Waals surface area contributed by atoms with Crippen LogP contribution in [-0.2, 0) is 9.47 Å². The van der Waals surface area contributed by atoms with Gasteiger partial charge in [0.25, 0.3) is 0 Å². The molecule has 0 atom stereocenters. The molecule has 2 aromatic carbocycles. The second kappa shape index (κ2) is 15.3. The van der Waals surface area contributed by atoms with Gasteiger partial charge in [0.2, 0.25) is 0 Å². The van der Waals surface area contributed by atoms with E-state index in [1.54, 1.807) is 30.7 Å². The Kier molecular flexibility index (Phi) is 11.3. The first-order valence-corrected chi connectivity index (χ1v) is 15.3. The number of nitrogens with two attached hydrogens (primary N) is 2. The van der Waals surface area contributed by atoms with E-state index in [0.29, 0.717) is 39.9 Å². The molecule has 0 aliphatic heterocycles. The number of nitrogen functional groups attached to an aromatic ring is 2. The van der Waals surface area contributed by atoms with E-state index in [-0.39, 0.29) is 19.4 Å². The fourth-order valence-electron chi connectivity index (χ4n) is 5.33. The number of esters is 2. The summed E-state index contributed by atoms with van der Waals surface area (Å²) >= 11 is 0. The number of nitrogens with one attached hydrogen (secondary N) is 1. The standard InChI is InChI=1S/C18H17N3O2.C13H14O3.C5H7N3.CH4/c1-10-7-13(11-3-4-11)14(8-12(10)18(22)23-2)17-20-15-5-6-19-9-16(15)21-17;1-8-5-12(9-3-4-9)10(7-14)6-11(8)13(15)16-2;6-4-1-2-8-3-5(4)7;/h5-9,11H,3-4H2,1-2H3,(H,20,21);5-7,9H,3-4H2,1-2H3;1-3H,7H2,(H2,6,8);1H4. The van der Waals surface area contributed by atoms with Crippen LogP contribution in [0.25, 0.3) is 22.4 Å². The Hall–Kier alpha value is -5.58. The number of benzene rings is 2. The molecule has 250 valence electrons. The molecule has 0 amide bonds. The highest BCUT2D eigenvalue weighted by molar-refractivity contribution is 5.94. The van der Waals surface area contributed by atoms with Gasteiger partial charge in [0.15, 0.2) is 0 Å². The Morgan fingerprint density at radius 3 is 1.90 bits per heavy atom. The SMILES string of the molecule is C.COC(=O)c1cc(-c2nc3ccncc3[nH]2)c(C2CC2)cc1C.COC(=O)c1cc(C=O)c(C2CC2)cc1C.Nc1ccncc1N. The van der Waals surface area contributed by atoms with Crippen LogP contribution in [0.4, 0.5) is 11.4 Å². The summed E-state index contributed by atoms with van der Waals surface area (Å²) in [6, 6.07) is 11.1. The largest absolute Gasteiger partial charge is 0.465 e. The quantitative estimate of drug-likeness (QED) is 0.129. The second-order valence-corrected chi connectivity index (χ2v) is 11.7. The lowest BCUT2D eigenvalue weighted by Crippen LogP contribution is -2.06. The van der Waals surface area contributed by atoms with Crippen molar-refractivity contribution in [2.45, 2.75) is 58.8 Å². The number of aromatic amines is 1. The van der Waals surface area contributed by atoms with Gasteiger partial charge in [-0.3, -0.25) is 14.8 Å². The van der Waals surface area contributed by atoms with Gasteiger partial charge in [0, 0.05) is 23.5 Å². The first-order chi connectivity index (χ1) is 22.6. The summed E-state index contributed by atoms with van der Waals surface area (Å²) in [6.45, 7) is 3.82. The molecule has 2 fully saturated rings. The maximum Gasteiger partial charge on any atom is 0.338 e. The van der Waals surface area contributed by atoms with Crippen molar-refractivity contribution in [3.8, 4) is 11.4 Å². The Labute approximate surface area is 280 Å². The fraction of sp³-hybridized carbons (Fsp3) is 0.297. The van der Waals surface area contributed by atoms with Crippen LogP contribution in [0.15, 0.2) is 61.2 Å². The van der Waals surface area contributed by atoms with Crippen molar-refractivity contribution in [2.24, 2.45) is 0 Å². The Bertz CT molecular complexity index is 1890. The van der Waals surface area contributed by atoms with Gasteiger partial charge in [0.05, 0.1) is 60.1 Å². The lowest BCUT2D eigenvalue weighted by Gasteiger charge is -2.12. The molecule has 5 N–H and O–H groups in total. The highest BCUT2D eigenvalue weighted by Gasteiger charge is 2.29. The molecular weight excluding hydrogens is 608 g/mol. The first kappa shape index (κ1) is 35.3. The highest BCUT2D eigenvalue weighted by Crippen LogP contribution is 2.45. The molecule has 3 heterocycles. The number of pyridine rings is 2. The molecule has 11 nitrogen and oxygen atoms in total. The summed E-state index contributed by atoms with van der Waals surface area (Å²) in [5.74, 6) is 1.14. The molecule has 0 bridgehead atoms. The van der Waals surface area contributed by atoms with Crippen LogP contribution in [0.3, 0.4) is 0 Å². The van der Waals surface area contributed by atoms with Crippen molar-refractivity contribution in [2.75, 3.05) is 25.7 Å². The predicted octanol–water partition coefficient (Wildman–Crippen LogP) is 6.95. The Balaban J connectivity index is 0.000000181. The number of H-pyrrole nitrogens is 1. The van der Waals surface area contributed by atoms with Gasteiger partial charge in [-0.25, -0.2) is 14.6 Å². The number of methoxy groups -OCH3 is 2.